The first-order valence-electron chi connectivity index (χ1n) is 4.19. The molecule has 1 aliphatic rings. The number of hydrogen-bond acceptors (Lipinski definition) is 3. The molecule has 4 heteroatoms. The predicted molar refractivity (Wildman–Crippen MR) is 45.0 cm³/mol. The van der Waals surface area contributed by atoms with Crippen LogP contribution < -0.4 is 0 Å². The minimum Gasteiger partial charge on any atom is -0.459 e. The highest BCUT2D eigenvalue weighted by molar-refractivity contribution is 5.86. The van der Waals surface area contributed by atoms with E-state index in [9.17, 15) is 9.18 Å². The SMILES string of the molecule is C=C(C)C(=O)OCC1OCCC1F. The normalized spacial score (nSPS) is 27.2. The summed E-state index contributed by atoms with van der Waals surface area (Å²) in [6.07, 6.45) is -1.23. The zero-order valence-electron chi connectivity index (χ0n) is 7.59. The van der Waals surface area contributed by atoms with Crippen molar-refractivity contribution < 1.29 is 18.7 Å². The Balaban J connectivity index is 2.26. The molecule has 1 heterocycles. The number of rotatable bonds is 3. The molecule has 0 aliphatic carbocycles. The quantitative estimate of drug-likeness (QED) is 0.493. The molecule has 1 fully saturated rings. The molecule has 1 aliphatic heterocycles. The summed E-state index contributed by atoms with van der Waals surface area (Å²) in [4.78, 5) is 10.9. The lowest BCUT2D eigenvalue weighted by atomic mass is 10.2. The van der Waals surface area contributed by atoms with Crippen molar-refractivity contribution in [2.24, 2.45) is 0 Å². The van der Waals surface area contributed by atoms with Crippen LogP contribution in [0.3, 0.4) is 0 Å². The van der Waals surface area contributed by atoms with Gasteiger partial charge in [0.15, 0.2) is 0 Å². The van der Waals surface area contributed by atoms with Gasteiger partial charge in [-0.25, -0.2) is 9.18 Å². The molecule has 13 heavy (non-hydrogen) atoms. The molecule has 3 nitrogen and oxygen atoms in total. The lowest BCUT2D eigenvalue weighted by Crippen LogP contribution is -2.25. The fraction of sp³-hybridized carbons (Fsp3) is 0.667. The summed E-state index contributed by atoms with van der Waals surface area (Å²) >= 11 is 0. The molecule has 1 saturated heterocycles. The first-order chi connectivity index (χ1) is 6.11. The van der Waals surface area contributed by atoms with Crippen molar-refractivity contribution in [1.82, 2.24) is 0 Å². The van der Waals surface area contributed by atoms with E-state index in [0.717, 1.165) is 0 Å². The average Bonchev–Trinajstić information content (AvgIpc) is 2.47. The van der Waals surface area contributed by atoms with Gasteiger partial charge in [-0.2, -0.15) is 0 Å². The molecule has 2 atom stereocenters. The molecule has 0 aromatic heterocycles. The number of ether oxygens (including phenoxy) is 2. The Kier molecular flexibility index (Phi) is 3.42. The lowest BCUT2D eigenvalue weighted by Gasteiger charge is -2.12. The highest BCUT2D eigenvalue weighted by Crippen LogP contribution is 2.17. The molecule has 0 radical (unpaired) electrons. The second-order valence-corrected chi connectivity index (χ2v) is 3.09. The maximum absolute atomic E-state index is 12.9. The Labute approximate surface area is 76.5 Å². The van der Waals surface area contributed by atoms with E-state index in [1.54, 1.807) is 6.92 Å². The Morgan fingerprint density at radius 2 is 2.46 bits per heavy atom. The van der Waals surface area contributed by atoms with Crippen molar-refractivity contribution in [3.63, 3.8) is 0 Å². The van der Waals surface area contributed by atoms with Crippen LogP contribution in [0.5, 0.6) is 0 Å². The van der Waals surface area contributed by atoms with Gasteiger partial charge in [-0.3, -0.25) is 0 Å². The molecule has 0 spiro atoms. The second-order valence-electron chi connectivity index (χ2n) is 3.09. The first-order valence-corrected chi connectivity index (χ1v) is 4.19. The van der Waals surface area contributed by atoms with Crippen LogP contribution in [-0.2, 0) is 14.3 Å². The van der Waals surface area contributed by atoms with Gasteiger partial charge in [0.25, 0.3) is 0 Å². The number of hydrogen-bond donors (Lipinski definition) is 0. The van der Waals surface area contributed by atoms with Crippen molar-refractivity contribution in [2.75, 3.05) is 13.2 Å². The Morgan fingerprint density at radius 1 is 1.77 bits per heavy atom. The van der Waals surface area contributed by atoms with E-state index in [1.165, 1.54) is 0 Å². The molecule has 0 N–H and O–H groups in total. The molecule has 2 unspecified atom stereocenters. The summed E-state index contributed by atoms with van der Waals surface area (Å²) < 4.78 is 22.7. The average molecular weight is 188 g/mol. The molecule has 1 rings (SSSR count). The summed E-state index contributed by atoms with van der Waals surface area (Å²) in [7, 11) is 0. The molecule has 0 saturated carbocycles. The number of alkyl halides is 1. The molecule has 0 amide bonds. The standard InChI is InChI=1S/C9H13FO3/c1-6(2)9(11)13-5-8-7(10)3-4-12-8/h7-8H,1,3-5H2,2H3. The Hall–Kier alpha value is -0.900. The third kappa shape index (κ3) is 2.81. The van der Waals surface area contributed by atoms with Gasteiger partial charge in [0.2, 0.25) is 0 Å². The number of carbonyl (C=O) groups is 1. The third-order valence-corrected chi connectivity index (χ3v) is 1.86. The first kappa shape index (κ1) is 10.2. The van der Waals surface area contributed by atoms with Gasteiger partial charge in [0.1, 0.15) is 18.9 Å². The zero-order chi connectivity index (χ0) is 9.84. The van der Waals surface area contributed by atoms with E-state index in [4.69, 9.17) is 9.47 Å². The van der Waals surface area contributed by atoms with Gasteiger partial charge >= 0.3 is 5.97 Å². The van der Waals surface area contributed by atoms with Crippen LogP contribution in [0.1, 0.15) is 13.3 Å². The molecular weight excluding hydrogens is 175 g/mol. The summed E-state index contributed by atoms with van der Waals surface area (Å²) in [6.45, 7) is 5.33. The fourth-order valence-electron chi connectivity index (χ4n) is 1.06. The maximum Gasteiger partial charge on any atom is 0.333 e. The van der Waals surface area contributed by atoms with Crippen molar-refractivity contribution in [2.45, 2.75) is 25.6 Å². The molecule has 74 valence electrons. The summed E-state index contributed by atoms with van der Waals surface area (Å²) in [5.74, 6) is -0.497. The van der Waals surface area contributed by atoms with Gasteiger partial charge in [-0.15, -0.1) is 0 Å². The van der Waals surface area contributed by atoms with E-state index >= 15 is 0 Å². The number of carbonyl (C=O) groups excluding carboxylic acids is 1. The van der Waals surface area contributed by atoms with Crippen LogP contribution in [0.4, 0.5) is 4.39 Å². The number of esters is 1. The van der Waals surface area contributed by atoms with Crippen LogP contribution in [0.2, 0.25) is 0 Å². The van der Waals surface area contributed by atoms with Crippen molar-refractivity contribution in [3.8, 4) is 0 Å². The lowest BCUT2D eigenvalue weighted by molar-refractivity contribution is -0.142. The molecular formula is C9H13FO3. The molecule has 0 aromatic rings. The van der Waals surface area contributed by atoms with Crippen LogP contribution in [0.15, 0.2) is 12.2 Å². The topological polar surface area (TPSA) is 35.5 Å². The van der Waals surface area contributed by atoms with E-state index in [0.29, 0.717) is 18.6 Å². The Bertz CT molecular complexity index is 215. The highest BCUT2D eigenvalue weighted by Gasteiger charge is 2.29. The van der Waals surface area contributed by atoms with Crippen molar-refractivity contribution in [3.05, 3.63) is 12.2 Å². The molecule has 0 bridgehead atoms. The van der Waals surface area contributed by atoms with Gasteiger partial charge in [-0.05, 0) is 6.92 Å². The van der Waals surface area contributed by atoms with E-state index < -0.39 is 18.2 Å². The van der Waals surface area contributed by atoms with Crippen LogP contribution >= 0.6 is 0 Å². The summed E-state index contributed by atoms with van der Waals surface area (Å²) in [6, 6.07) is 0. The predicted octanol–water partition coefficient (Wildman–Crippen LogP) is 1.23. The smallest absolute Gasteiger partial charge is 0.333 e. The van der Waals surface area contributed by atoms with E-state index in [-0.39, 0.29) is 6.61 Å². The van der Waals surface area contributed by atoms with Crippen LogP contribution in [0.25, 0.3) is 0 Å². The van der Waals surface area contributed by atoms with Gasteiger partial charge < -0.3 is 9.47 Å². The fourth-order valence-corrected chi connectivity index (χ4v) is 1.06. The number of halogens is 1. The van der Waals surface area contributed by atoms with Crippen molar-refractivity contribution in [1.29, 1.82) is 0 Å². The maximum atomic E-state index is 12.9. The van der Waals surface area contributed by atoms with Gasteiger partial charge in [-0.1, -0.05) is 6.58 Å². The van der Waals surface area contributed by atoms with Gasteiger partial charge in [0.05, 0.1) is 6.61 Å². The highest BCUT2D eigenvalue weighted by atomic mass is 19.1. The van der Waals surface area contributed by atoms with Crippen LogP contribution in [-0.4, -0.2) is 31.5 Å². The van der Waals surface area contributed by atoms with E-state index in [1.807, 2.05) is 0 Å². The summed E-state index contributed by atoms with van der Waals surface area (Å²) in [5, 5.41) is 0. The van der Waals surface area contributed by atoms with E-state index in [2.05, 4.69) is 6.58 Å². The minimum atomic E-state index is -1.02. The van der Waals surface area contributed by atoms with Crippen LogP contribution in [0, 0.1) is 0 Å². The summed E-state index contributed by atoms with van der Waals surface area (Å²) in [5.41, 5.74) is 0.313. The largest absolute Gasteiger partial charge is 0.459 e. The minimum absolute atomic E-state index is 0.0210. The van der Waals surface area contributed by atoms with Gasteiger partial charge in [0, 0.05) is 12.0 Å². The monoisotopic (exact) mass is 188 g/mol. The Morgan fingerprint density at radius 3 is 2.92 bits per heavy atom. The zero-order valence-corrected chi connectivity index (χ0v) is 7.59. The third-order valence-electron chi connectivity index (χ3n) is 1.86. The van der Waals surface area contributed by atoms with Crippen molar-refractivity contribution >= 4 is 5.97 Å². The molecule has 0 aromatic carbocycles. The second kappa shape index (κ2) is 4.37.